The number of hydrogen-bond acceptors (Lipinski definition) is 6. The average Bonchev–Trinajstić information content (AvgIpc) is 3.41. The maximum Gasteiger partial charge on any atom is 0.274 e. The molecule has 0 aliphatic carbocycles. The molecule has 0 atom stereocenters. The fourth-order valence-corrected chi connectivity index (χ4v) is 3.53. The Morgan fingerprint density at radius 3 is 2.89 bits per heavy atom. The van der Waals surface area contributed by atoms with Crippen LogP contribution in [0.1, 0.15) is 16.1 Å². The van der Waals surface area contributed by atoms with Crippen molar-refractivity contribution < 1.29 is 4.79 Å². The molecule has 27 heavy (non-hydrogen) atoms. The van der Waals surface area contributed by atoms with Crippen LogP contribution in [0.5, 0.6) is 0 Å². The first-order valence-electron chi connectivity index (χ1n) is 7.95. The maximum absolute atomic E-state index is 12.5. The number of hydrogen-bond donors (Lipinski definition) is 1. The second-order valence-electron chi connectivity index (χ2n) is 5.66. The van der Waals surface area contributed by atoms with Gasteiger partial charge in [-0.05, 0) is 24.3 Å². The van der Waals surface area contributed by atoms with E-state index in [0.717, 1.165) is 5.56 Å². The fourth-order valence-electron chi connectivity index (χ4n) is 2.62. The van der Waals surface area contributed by atoms with Gasteiger partial charge in [0.1, 0.15) is 29.0 Å². The Hall–Kier alpha value is -3.77. The molecule has 9 heteroatoms. The summed E-state index contributed by atoms with van der Waals surface area (Å²) in [4.78, 5) is 21.0. The highest BCUT2D eigenvalue weighted by molar-refractivity contribution is 7.18. The number of aryl methyl sites for hydroxylation is 1. The van der Waals surface area contributed by atoms with Gasteiger partial charge in [-0.1, -0.05) is 23.5 Å². The number of thiazole rings is 1. The number of nitrogens with zero attached hydrogens (tertiary/aromatic N) is 6. The molecule has 8 nitrogen and oxygen atoms in total. The minimum absolute atomic E-state index is 0.251. The van der Waals surface area contributed by atoms with Crippen molar-refractivity contribution in [2.75, 3.05) is 5.32 Å². The van der Waals surface area contributed by atoms with Crippen LogP contribution in [0.15, 0.2) is 55.2 Å². The third kappa shape index (κ3) is 3.21. The molecule has 0 unspecified atom stereocenters. The van der Waals surface area contributed by atoms with Crippen molar-refractivity contribution in [1.29, 1.82) is 5.26 Å². The lowest BCUT2D eigenvalue weighted by atomic mass is 10.1. The first-order chi connectivity index (χ1) is 13.2. The van der Waals surface area contributed by atoms with Gasteiger partial charge in [-0.25, -0.2) is 14.6 Å². The Bertz CT molecular complexity index is 1150. The number of carbonyl (C=O) groups is 1. The lowest BCUT2D eigenvalue weighted by molar-refractivity contribution is 0.101. The zero-order valence-electron chi connectivity index (χ0n) is 14.2. The molecule has 4 aromatic rings. The number of nitriles is 1. The number of anilines is 1. The predicted octanol–water partition coefficient (Wildman–Crippen LogP) is 2.85. The van der Waals surface area contributed by atoms with Crippen LogP contribution in [0.25, 0.3) is 16.3 Å². The molecule has 132 valence electrons. The molecule has 1 aromatic carbocycles. The predicted molar refractivity (Wildman–Crippen MR) is 101 cm³/mol. The van der Waals surface area contributed by atoms with Crippen LogP contribution >= 0.6 is 11.3 Å². The van der Waals surface area contributed by atoms with Gasteiger partial charge in [0.05, 0.1) is 11.6 Å². The highest BCUT2D eigenvalue weighted by atomic mass is 32.1. The smallest absolute Gasteiger partial charge is 0.274 e. The Kier molecular flexibility index (Phi) is 4.24. The van der Waals surface area contributed by atoms with E-state index >= 15 is 0 Å². The summed E-state index contributed by atoms with van der Waals surface area (Å²) in [7, 11) is 1.80. The van der Waals surface area contributed by atoms with Crippen molar-refractivity contribution in [2.45, 2.75) is 0 Å². The number of aromatic nitrogens is 5. The van der Waals surface area contributed by atoms with Gasteiger partial charge in [0.15, 0.2) is 5.13 Å². The standard InChI is InChI=1S/C18H13N7OS/c1-24-7-3-6-14(24)16(26)23-18-22-15(13-5-2-4-12(8-13)9-19)17(27-18)25-11-20-10-21-25/h2-8,10-11H,1H3,(H,22,23,26). The first-order valence-corrected chi connectivity index (χ1v) is 8.76. The van der Waals surface area contributed by atoms with E-state index in [-0.39, 0.29) is 5.91 Å². The molecule has 0 spiro atoms. The molecule has 0 aliphatic heterocycles. The van der Waals surface area contributed by atoms with Gasteiger partial charge in [0.2, 0.25) is 0 Å². The molecule has 0 radical (unpaired) electrons. The Morgan fingerprint density at radius 2 is 2.19 bits per heavy atom. The van der Waals surface area contributed by atoms with Crippen molar-refractivity contribution in [1.82, 2.24) is 24.3 Å². The van der Waals surface area contributed by atoms with Gasteiger partial charge in [0.25, 0.3) is 5.91 Å². The Balaban J connectivity index is 1.75. The first kappa shape index (κ1) is 16.7. The second kappa shape index (κ2) is 6.86. The van der Waals surface area contributed by atoms with Crippen molar-refractivity contribution >= 4 is 22.4 Å². The SMILES string of the molecule is Cn1cccc1C(=O)Nc1nc(-c2cccc(C#N)c2)c(-n2cncn2)s1. The van der Waals surface area contributed by atoms with Gasteiger partial charge in [-0.2, -0.15) is 10.4 Å². The lowest BCUT2D eigenvalue weighted by Crippen LogP contribution is -2.15. The van der Waals surface area contributed by atoms with Crippen LogP contribution in [-0.4, -0.2) is 30.2 Å². The van der Waals surface area contributed by atoms with Crippen LogP contribution < -0.4 is 5.32 Å². The second-order valence-corrected chi connectivity index (χ2v) is 6.64. The zero-order chi connectivity index (χ0) is 18.8. The minimum atomic E-state index is -0.251. The molecular formula is C18H13N7OS. The van der Waals surface area contributed by atoms with E-state index in [2.05, 4.69) is 26.5 Å². The van der Waals surface area contributed by atoms with E-state index in [1.807, 2.05) is 6.07 Å². The molecule has 4 rings (SSSR count). The third-order valence-corrected chi connectivity index (χ3v) is 4.86. The van der Waals surface area contributed by atoms with Gasteiger partial charge in [0, 0.05) is 18.8 Å². The number of nitrogens with one attached hydrogen (secondary N) is 1. The van der Waals surface area contributed by atoms with Crippen LogP contribution in [0, 0.1) is 11.3 Å². The van der Waals surface area contributed by atoms with Gasteiger partial charge in [-0.3, -0.25) is 10.1 Å². The average molecular weight is 375 g/mol. The summed E-state index contributed by atoms with van der Waals surface area (Å²) in [5, 5.41) is 17.3. The number of benzene rings is 1. The molecule has 0 fully saturated rings. The van der Waals surface area contributed by atoms with E-state index < -0.39 is 0 Å². The van der Waals surface area contributed by atoms with E-state index in [0.29, 0.717) is 27.1 Å². The molecule has 0 aliphatic rings. The highest BCUT2D eigenvalue weighted by Gasteiger charge is 2.18. The molecule has 0 saturated heterocycles. The highest BCUT2D eigenvalue weighted by Crippen LogP contribution is 2.34. The molecule has 1 N–H and O–H groups in total. The topological polar surface area (TPSA) is 101 Å². The van der Waals surface area contributed by atoms with Gasteiger partial charge < -0.3 is 4.57 Å². The summed E-state index contributed by atoms with van der Waals surface area (Å²) in [5.74, 6) is -0.251. The van der Waals surface area contributed by atoms with Gasteiger partial charge in [-0.15, -0.1) is 0 Å². The summed E-state index contributed by atoms with van der Waals surface area (Å²) in [6.45, 7) is 0. The molecule has 0 saturated carbocycles. The van der Waals surface area contributed by atoms with Crippen molar-refractivity contribution in [3.8, 4) is 22.3 Å². The quantitative estimate of drug-likeness (QED) is 0.591. The fraction of sp³-hybridized carbons (Fsp3) is 0.0556. The van der Waals surface area contributed by atoms with Crippen molar-refractivity contribution in [3.05, 3.63) is 66.5 Å². The zero-order valence-corrected chi connectivity index (χ0v) is 15.0. The number of amides is 1. The molecule has 3 aromatic heterocycles. The summed E-state index contributed by atoms with van der Waals surface area (Å²) >= 11 is 1.28. The van der Waals surface area contributed by atoms with Gasteiger partial charge >= 0.3 is 0 Å². The van der Waals surface area contributed by atoms with E-state index in [9.17, 15) is 4.79 Å². The van der Waals surface area contributed by atoms with Crippen molar-refractivity contribution in [2.24, 2.45) is 7.05 Å². The molecule has 1 amide bonds. The largest absolute Gasteiger partial charge is 0.347 e. The van der Waals surface area contributed by atoms with E-state index in [1.54, 1.807) is 59.2 Å². The van der Waals surface area contributed by atoms with Crippen molar-refractivity contribution in [3.63, 3.8) is 0 Å². The summed E-state index contributed by atoms with van der Waals surface area (Å²) < 4.78 is 3.32. The van der Waals surface area contributed by atoms with Crippen LogP contribution in [-0.2, 0) is 7.05 Å². The monoisotopic (exact) mass is 375 g/mol. The molecular weight excluding hydrogens is 362 g/mol. The molecule has 3 heterocycles. The number of rotatable bonds is 4. The third-order valence-electron chi connectivity index (χ3n) is 3.90. The van der Waals surface area contributed by atoms with Crippen LogP contribution in [0.2, 0.25) is 0 Å². The summed E-state index contributed by atoms with van der Waals surface area (Å²) in [6, 6.07) is 12.8. The molecule has 0 bridgehead atoms. The number of carbonyl (C=O) groups excluding carboxylic acids is 1. The minimum Gasteiger partial charge on any atom is -0.347 e. The summed E-state index contributed by atoms with van der Waals surface area (Å²) in [6.07, 6.45) is 4.79. The normalized spacial score (nSPS) is 10.5. The summed E-state index contributed by atoms with van der Waals surface area (Å²) in [5.41, 5.74) is 2.43. The Labute approximate surface area is 158 Å². The van der Waals surface area contributed by atoms with E-state index in [4.69, 9.17) is 5.26 Å². The van der Waals surface area contributed by atoms with E-state index in [1.165, 1.54) is 17.7 Å². The van der Waals surface area contributed by atoms with Crippen LogP contribution in [0.3, 0.4) is 0 Å². The Morgan fingerprint density at radius 1 is 1.30 bits per heavy atom. The van der Waals surface area contributed by atoms with Crippen LogP contribution in [0.4, 0.5) is 5.13 Å². The lowest BCUT2D eigenvalue weighted by Gasteiger charge is -2.02. The maximum atomic E-state index is 12.5.